The molecule has 0 aliphatic carbocycles. The summed E-state index contributed by atoms with van der Waals surface area (Å²) in [5, 5.41) is 8.48. The highest BCUT2D eigenvalue weighted by Crippen LogP contribution is 2.20. The summed E-state index contributed by atoms with van der Waals surface area (Å²) in [6.07, 6.45) is 2.29. The van der Waals surface area contributed by atoms with Gasteiger partial charge in [0.1, 0.15) is 6.04 Å². The average Bonchev–Trinajstić information content (AvgIpc) is 3.43. The zero-order valence-electron chi connectivity index (χ0n) is 31.4. The minimum Gasteiger partial charge on any atom is -0.373 e. The fraction of sp³-hybridized carbons (Fsp3) is 0.800. The van der Waals surface area contributed by atoms with Gasteiger partial charge in [-0.3, -0.25) is 43.4 Å². The lowest BCUT2D eigenvalue weighted by atomic mass is 10.0. The lowest BCUT2D eigenvalue weighted by Crippen LogP contribution is -2.55. The van der Waals surface area contributed by atoms with Gasteiger partial charge in [-0.1, -0.05) is 48.5 Å². The fourth-order valence-corrected chi connectivity index (χ4v) is 4.85. The molecule has 0 spiro atoms. The number of nitrogens with one attached hydrogen (secondary N) is 3. The molecule has 3 N–H and O–H groups in total. The largest absolute Gasteiger partial charge is 0.373 e. The predicted molar refractivity (Wildman–Crippen MR) is 184 cm³/mol. The smallest absolute Gasteiger partial charge is 0.243 e. The predicted octanol–water partition coefficient (Wildman–Crippen LogP) is 3.48. The van der Waals surface area contributed by atoms with E-state index in [9.17, 15) is 33.6 Å². The van der Waals surface area contributed by atoms with E-state index in [2.05, 4.69) is 16.0 Å². The number of amides is 7. The number of likely N-dealkylation sites (tertiary alicyclic amines) is 2. The van der Waals surface area contributed by atoms with E-state index in [0.717, 1.165) is 16.2 Å². The van der Waals surface area contributed by atoms with Crippen LogP contribution in [-0.2, 0) is 38.3 Å². The molecule has 0 aromatic rings. The lowest BCUT2D eigenvalue weighted by Gasteiger charge is -2.33. The van der Waals surface area contributed by atoms with Crippen LogP contribution in [0.1, 0.15) is 128 Å². The van der Waals surface area contributed by atoms with Gasteiger partial charge in [0.25, 0.3) is 0 Å². The summed E-state index contributed by atoms with van der Waals surface area (Å²) in [6, 6.07) is -0.880. The number of carbonyl (C=O) groups is 7. The second-order valence-corrected chi connectivity index (χ2v) is 13.2. The van der Waals surface area contributed by atoms with Crippen molar-refractivity contribution in [1.29, 1.82) is 0 Å². The molecule has 2 fully saturated rings. The maximum absolute atomic E-state index is 13.3. The van der Waals surface area contributed by atoms with Gasteiger partial charge in [0.05, 0.1) is 17.7 Å². The van der Waals surface area contributed by atoms with Crippen molar-refractivity contribution in [3.05, 3.63) is 0 Å². The van der Waals surface area contributed by atoms with Gasteiger partial charge < -0.3 is 20.7 Å². The Bertz CT molecular complexity index is 1110. The molecule has 13 heteroatoms. The van der Waals surface area contributed by atoms with E-state index in [4.69, 9.17) is 4.74 Å². The van der Waals surface area contributed by atoms with Crippen LogP contribution in [0.2, 0.25) is 0 Å². The molecule has 48 heavy (non-hydrogen) atoms. The van der Waals surface area contributed by atoms with Gasteiger partial charge in [0.15, 0.2) is 0 Å². The molecule has 276 valence electrons. The van der Waals surface area contributed by atoms with Gasteiger partial charge in [-0.15, -0.1) is 0 Å². The molecule has 0 aromatic heterocycles. The third-order valence-corrected chi connectivity index (χ3v) is 8.09. The average molecular weight is 682 g/mol. The SMILES string of the molecule is CC.CC.CCC(C)(C)OCC(C)(C)NC(=O)C(CCCCNC(=O)CCN1C(=O)CC(C)C1=O)NC(=O)CCN1C(=O)CC(C)C1=O. The fourth-order valence-electron chi connectivity index (χ4n) is 4.85. The van der Waals surface area contributed by atoms with Gasteiger partial charge in [-0.05, 0) is 53.4 Å². The molecule has 7 amide bonds. The molecular formula is C35H63N5O8. The molecule has 2 saturated heterocycles. The zero-order valence-corrected chi connectivity index (χ0v) is 31.4. The molecule has 13 nitrogen and oxygen atoms in total. The molecular weight excluding hydrogens is 618 g/mol. The van der Waals surface area contributed by atoms with E-state index in [-0.39, 0.29) is 98.8 Å². The molecule has 2 aliphatic heterocycles. The standard InChI is InChI=1S/C31H51N5O8.2C2H6/c1-8-31(6,7)44-19-30(4,5)34-27(41)22(33-24(38)13-16-36-26(40)18-21(3)29(36)43)11-9-10-14-32-23(37)12-15-35-25(39)17-20(2)28(35)42;2*1-2/h20-22H,8-19H2,1-7H3,(H,32,37)(H,33,38)(H,34,41);2*1-2H3. The highest BCUT2D eigenvalue weighted by atomic mass is 16.5. The van der Waals surface area contributed by atoms with Gasteiger partial charge in [0.2, 0.25) is 41.4 Å². The minimum atomic E-state index is -0.880. The minimum absolute atomic E-state index is 0.0120. The van der Waals surface area contributed by atoms with Crippen LogP contribution in [0.5, 0.6) is 0 Å². The van der Waals surface area contributed by atoms with Crippen molar-refractivity contribution in [3.8, 4) is 0 Å². The van der Waals surface area contributed by atoms with E-state index < -0.39 is 23.4 Å². The van der Waals surface area contributed by atoms with Gasteiger partial charge in [0, 0.05) is 57.2 Å². The first kappa shape index (κ1) is 44.6. The molecule has 3 unspecified atom stereocenters. The van der Waals surface area contributed by atoms with Crippen LogP contribution in [0.4, 0.5) is 0 Å². The van der Waals surface area contributed by atoms with Crippen molar-refractivity contribution in [2.75, 3.05) is 26.2 Å². The number of rotatable bonds is 18. The Hall–Kier alpha value is -3.35. The second-order valence-electron chi connectivity index (χ2n) is 13.2. The Morgan fingerprint density at radius 3 is 1.73 bits per heavy atom. The van der Waals surface area contributed by atoms with E-state index in [0.29, 0.717) is 19.4 Å². The summed E-state index contributed by atoms with van der Waals surface area (Å²) in [5.41, 5.74) is -1.08. The topological polar surface area (TPSA) is 171 Å². The van der Waals surface area contributed by atoms with Crippen molar-refractivity contribution < 1.29 is 38.3 Å². The number of nitrogens with zero attached hydrogens (tertiary/aromatic N) is 2. The number of unbranched alkanes of at least 4 members (excludes halogenated alkanes) is 1. The summed E-state index contributed by atoms with van der Waals surface area (Å²) in [6.45, 7) is 21.6. The molecule has 0 radical (unpaired) electrons. The van der Waals surface area contributed by atoms with E-state index in [1.54, 1.807) is 13.8 Å². The molecule has 0 aromatic carbocycles. The first-order valence-corrected chi connectivity index (χ1v) is 17.7. The van der Waals surface area contributed by atoms with Gasteiger partial charge in [-0.2, -0.15) is 0 Å². The number of ether oxygens (including phenoxy) is 1. The summed E-state index contributed by atoms with van der Waals surface area (Å²) >= 11 is 0. The quantitative estimate of drug-likeness (QED) is 0.146. The summed E-state index contributed by atoms with van der Waals surface area (Å²) in [4.78, 5) is 88.8. The number of imide groups is 2. The molecule has 3 atom stereocenters. The number of hydrogen-bond donors (Lipinski definition) is 3. The number of carbonyl (C=O) groups excluding carboxylic acids is 7. The Morgan fingerprint density at radius 1 is 0.812 bits per heavy atom. The van der Waals surface area contributed by atoms with Gasteiger partial charge in [-0.25, -0.2) is 0 Å². The second kappa shape index (κ2) is 21.6. The third-order valence-electron chi connectivity index (χ3n) is 8.09. The maximum Gasteiger partial charge on any atom is 0.243 e. The van der Waals surface area contributed by atoms with Crippen molar-refractivity contribution in [1.82, 2.24) is 25.8 Å². The van der Waals surface area contributed by atoms with Crippen LogP contribution >= 0.6 is 0 Å². The van der Waals surface area contributed by atoms with Crippen molar-refractivity contribution >= 4 is 41.4 Å². The van der Waals surface area contributed by atoms with Crippen LogP contribution in [-0.4, -0.2) is 94.6 Å². The Labute approximate surface area is 288 Å². The number of hydrogen-bond acceptors (Lipinski definition) is 8. The lowest BCUT2D eigenvalue weighted by molar-refractivity contribution is -0.141. The van der Waals surface area contributed by atoms with Crippen LogP contribution in [0.25, 0.3) is 0 Å². The normalized spacial score (nSPS) is 18.5. The molecule has 0 saturated carbocycles. The van der Waals surface area contributed by atoms with Crippen LogP contribution in [0, 0.1) is 11.8 Å². The van der Waals surface area contributed by atoms with Crippen LogP contribution in [0.3, 0.4) is 0 Å². The van der Waals surface area contributed by atoms with Crippen molar-refractivity contribution in [2.24, 2.45) is 11.8 Å². The monoisotopic (exact) mass is 681 g/mol. The van der Waals surface area contributed by atoms with Gasteiger partial charge >= 0.3 is 0 Å². The van der Waals surface area contributed by atoms with Crippen LogP contribution in [0.15, 0.2) is 0 Å². The highest BCUT2D eigenvalue weighted by Gasteiger charge is 2.37. The Balaban J connectivity index is 0.00000531. The molecule has 2 heterocycles. The highest BCUT2D eigenvalue weighted by molar-refractivity contribution is 6.04. The van der Waals surface area contributed by atoms with Crippen molar-refractivity contribution in [2.45, 2.75) is 145 Å². The molecule has 2 aliphatic rings. The maximum atomic E-state index is 13.3. The summed E-state index contributed by atoms with van der Waals surface area (Å²) in [5.74, 6) is -3.02. The zero-order chi connectivity index (χ0) is 37.2. The first-order valence-electron chi connectivity index (χ1n) is 17.7. The Morgan fingerprint density at radius 2 is 1.29 bits per heavy atom. The Kier molecular flexibility index (Phi) is 20.1. The van der Waals surface area contributed by atoms with Crippen LogP contribution < -0.4 is 16.0 Å². The van der Waals surface area contributed by atoms with E-state index in [1.165, 1.54) is 0 Å². The third kappa shape index (κ3) is 15.3. The van der Waals surface area contributed by atoms with E-state index >= 15 is 0 Å². The first-order chi connectivity index (χ1) is 22.5. The molecule has 2 rings (SSSR count). The summed E-state index contributed by atoms with van der Waals surface area (Å²) in [7, 11) is 0. The van der Waals surface area contributed by atoms with Crippen molar-refractivity contribution in [3.63, 3.8) is 0 Å². The van der Waals surface area contributed by atoms with E-state index in [1.807, 2.05) is 62.3 Å². The summed E-state index contributed by atoms with van der Waals surface area (Å²) < 4.78 is 5.98. The molecule has 0 bridgehead atoms.